The van der Waals surface area contributed by atoms with E-state index in [1.165, 1.54) is 6.20 Å². The van der Waals surface area contributed by atoms with E-state index in [1.54, 1.807) is 6.92 Å². The molecule has 1 rings (SSSR count). The first kappa shape index (κ1) is 13.8. The highest BCUT2D eigenvalue weighted by Crippen LogP contribution is 2.33. The van der Waals surface area contributed by atoms with Crippen LogP contribution >= 0.6 is 15.9 Å². The third kappa shape index (κ3) is 3.36. The van der Waals surface area contributed by atoms with Crippen LogP contribution in [-0.2, 0) is 16.0 Å². The van der Waals surface area contributed by atoms with Crippen LogP contribution in [0.25, 0.3) is 0 Å². The largest absolute Gasteiger partial charge is 0.466 e. The molecule has 1 aromatic heterocycles. The molecule has 17 heavy (non-hydrogen) atoms. The number of carbonyl (C=O) groups is 1. The predicted octanol–water partition coefficient (Wildman–Crippen LogP) is 2.47. The number of nitrogens with two attached hydrogens (primary N) is 1. The van der Waals surface area contributed by atoms with Gasteiger partial charge in [-0.05, 0) is 28.4 Å². The van der Waals surface area contributed by atoms with Crippen LogP contribution in [0.2, 0.25) is 0 Å². The number of nitrogen functional groups attached to an aromatic ring is 1. The topological polar surface area (TPSA) is 65.2 Å². The normalized spacial score (nSPS) is 10.6. The van der Waals surface area contributed by atoms with Crippen molar-refractivity contribution in [2.24, 2.45) is 0 Å². The van der Waals surface area contributed by atoms with E-state index in [0.29, 0.717) is 5.56 Å². The van der Waals surface area contributed by atoms with E-state index in [1.807, 2.05) is 0 Å². The first-order chi connectivity index (χ1) is 7.97. The number of anilines is 1. The standard InChI is InChI=1S/C10H11BrF2N2O2/c1-2-17-6(16)3-5-4-15-10(14)7(8(5)11)9(12)13/h4,9H,2-3H2,1H3,(H2,14,15). The predicted molar refractivity (Wildman–Crippen MR) is 61.6 cm³/mol. The van der Waals surface area contributed by atoms with Gasteiger partial charge in [0.2, 0.25) is 0 Å². The van der Waals surface area contributed by atoms with Crippen molar-refractivity contribution in [3.8, 4) is 0 Å². The molecule has 0 saturated carbocycles. The first-order valence-electron chi connectivity index (χ1n) is 4.83. The molecular formula is C10H11BrF2N2O2. The van der Waals surface area contributed by atoms with Gasteiger partial charge in [0, 0.05) is 10.7 Å². The van der Waals surface area contributed by atoms with E-state index in [9.17, 15) is 13.6 Å². The maximum absolute atomic E-state index is 12.7. The quantitative estimate of drug-likeness (QED) is 0.868. The van der Waals surface area contributed by atoms with E-state index >= 15 is 0 Å². The van der Waals surface area contributed by atoms with Gasteiger partial charge in [-0.15, -0.1) is 0 Å². The molecule has 1 aromatic rings. The number of nitrogens with zero attached hydrogens (tertiary/aromatic N) is 1. The van der Waals surface area contributed by atoms with Gasteiger partial charge < -0.3 is 10.5 Å². The molecule has 0 saturated heterocycles. The molecule has 0 aliphatic carbocycles. The Hall–Kier alpha value is -1.24. The van der Waals surface area contributed by atoms with Crippen molar-refractivity contribution in [2.75, 3.05) is 12.3 Å². The number of alkyl halides is 2. The number of pyridine rings is 1. The summed E-state index contributed by atoms with van der Waals surface area (Å²) in [5.74, 6) is -0.750. The lowest BCUT2D eigenvalue weighted by atomic mass is 10.1. The van der Waals surface area contributed by atoms with Crippen molar-refractivity contribution in [3.63, 3.8) is 0 Å². The molecule has 0 unspecified atom stereocenters. The molecule has 4 nitrogen and oxygen atoms in total. The Labute approximate surface area is 105 Å². The number of esters is 1. The summed E-state index contributed by atoms with van der Waals surface area (Å²) in [6.07, 6.45) is -1.59. The molecule has 0 fully saturated rings. The number of aromatic nitrogens is 1. The molecule has 0 aliphatic rings. The molecule has 1 heterocycles. The highest BCUT2D eigenvalue weighted by atomic mass is 79.9. The Morgan fingerprint density at radius 3 is 2.82 bits per heavy atom. The fourth-order valence-corrected chi connectivity index (χ4v) is 1.88. The second kappa shape index (κ2) is 5.90. The number of hydrogen-bond donors (Lipinski definition) is 1. The minimum atomic E-state index is -2.75. The molecule has 0 radical (unpaired) electrons. The molecule has 94 valence electrons. The van der Waals surface area contributed by atoms with Gasteiger partial charge in [0.05, 0.1) is 18.6 Å². The van der Waals surface area contributed by atoms with Gasteiger partial charge in [-0.1, -0.05) is 0 Å². The van der Waals surface area contributed by atoms with E-state index in [2.05, 4.69) is 20.9 Å². The van der Waals surface area contributed by atoms with Gasteiger partial charge >= 0.3 is 5.97 Å². The fraction of sp³-hybridized carbons (Fsp3) is 0.400. The Morgan fingerprint density at radius 1 is 1.65 bits per heavy atom. The number of hydrogen-bond acceptors (Lipinski definition) is 4. The van der Waals surface area contributed by atoms with Gasteiger partial charge in [-0.25, -0.2) is 13.8 Å². The van der Waals surface area contributed by atoms with Crippen molar-refractivity contribution >= 4 is 27.7 Å². The molecule has 0 aliphatic heterocycles. The molecule has 0 atom stereocenters. The van der Waals surface area contributed by atoms with Crippen LogP contribution in [0, 0.1) is 0 Å². The SMILES string of the molecule is CCOC(=O)Cc1cnc(N)c(C(F)F)c1Br. The third-order valence-corrected chi connectivity index (χ3v) is 2.95. The summed E-state index contributed by atoms with van der Waals surface area (Å²) >= 11 is 3.00. The monoisotopic (exact) mass is 308 g/mol. The van der Waals surface area contributed by atoms with Crippen LogP contribution in [0.3, 0.4) is 0 Å². The highest BCUT2D eigenvalue weighted by molar-refractivity contribution is 9.10. The first-order valence-corrected chi connectivity index (χ1v) is 5.63. The van der Waals surface area contributed by atoms with E-state index < -0.39 is 18.0 Å². The summed E-state index contributed by atoms with van der Waals surface area (Å²) < 4.78 is 30.2. The van der Waals surface area contributed by atoms with E-state index in [4.69, 9.17) is 10.5 Å². The van der Waals surface area contributed by atoms with E-state index in [-0.39, 0.29) is 23.3 Å². The summed E-state index contributed by atoms with van der Waals surface area (Å²) in [4.78, 5) is 14.9. The molecule has 0 aromatic carbocycles. The van der Waals surface area contributed by atoms with Gasteiger partial charge in [0.1, 0.15) is 5.82 Å². The average Bonchev–Trinajstić information content (AvgIpc) is 2.22. The molecule has 2 N–H and O–H groups in total. The summed E-state index contributed by atoms with van der Waals surface area (Å²) in [7, 11) is 0. The highest BCUT2D eigenvalue weighted by Gasteiger charge is 2.20. The van der Waals surface area contributed by atoms with Crippen LogP contribution in [0.15, 0.2) is 10.7 Å². The van der Waals surface area contributed by atoms with E-state index in [0.717, 1.165) is 0 Å². The average molecular weight is 309 g/mol. The molecule has 7 heteroatoms. The van der Waals surface area contributed by atoms with Crippen LogP contribution in [0.1, 0.15) is 24.5 Å². The Bertz CT molecular complexity index is 427. The Kier molecular flexibility index (Phi) is 4.80. The molecule has 0 bridgehead atoms. The zero-order valence-electron chi connectivity index (χ0n) is 9.04. The van der Waals surface area contributed by atoms with Gasteiger partial charge in [0.25, 0.3) is 6.43 Å². The van der Waals surface area contributed by atoms with Crippen molar-refractivity contribution in [1.29, 1.82) is 0 Å². The smallest absolute Gasteiger partial charge is 0.310 e. The number of rotatable bonds is 4. The molecular weight excluding hydrogens is 298 g/mol. The third-order valence-electron chi connectivity index (χ3n) is 2.01. The zero-order chi connectivity index (χ0) is 13.0. The van der Waals surface area contributed by atoms with Crippen LogP contribution in [0.5, 0.6) is 0 Å². The fourth-order valence-electron chi connectivity index (χ4n) is 1.26. The summed E-state index contributed by atoms with van der Waals surface area (Å²) in [5, 5.41) is 0. The number of carbonyl (C=O) groups excluding carboxylic acids is 1. The van der Waals surface area contributed by atoms with Crippen molar-refractivity contribution < 1.29 is 18.3 Å². The number of ether oxygens (including phenoxy) is 1. The second-order valence-electron chi connectivity index (χ2n) is 3.18. The van der Waals surface area contributed by atoms with Gasteiger partial charge in [-0.2, -0.15) is 0 Å². The Morgan fingerprint density at radius 2 is 2.29 bits per heavy atom. The summed E-state index contributed by atoms with van der Waals surface area (Å²) in [5.41, 5.74) is 5.27. The second-order valence-corrected chi connectivity index (χ2v) is 3.97. The van der Waals surface area contributed by atoms with Gasteiger partial charge in [0.15, 0.2) is 0 Å². The van der Waals surface area contributed by atoms with Gasteiger partial charge in [-0.3, -0.25) is 4.79 Å². The lowest BCUT2D eigenvalue weighted by Gasteiger charge is -2.10. The van der Waals surface area contributed by atoms with Crippen molar-refractivity contribution in [1.82, 2.24) is 4.98 Å². The van der Waals surface area contributed by atoms with Crippen molar-refractivity contribution in [2.45, 2.75) is 19.8 Å². The summed E-state index contributed by atoms with van der Waals surface area (Å²) in [6, 6.07) is 0. The maximum atomic E-state index is 12.7. The zero-order valence-corrected chi connectivity index (χ0v) is 10.6. The van der Waals surface area contributed by atoms with Crippen LogP contribution in [0.4, 0.5) is 14.6 Å². The Balaban J connectivity index is 3.02. The maximum Gasteiger partial charge on any atom is 0.310 e. The minimum absolute atomic E-state index is 0.105. The molecule has 0 spiro atoms. The van der Waals surface area contributed by atoms with Crippen LogP contribution < -0.4 is 5.73 Å². The van der Waals surface area contributed by atoms with Crippen molar-refractivity contribution in [3.05, 3.63) is 21.8 Å². The summed E-state index contributed by atoms with van der Waals surface area (Å²) in [6.45, 7) is 1.90. The molecule has 0 amide bonds. The lowest BCUT2D eigenvalue weighted by Crippen LogP contribution is -2.10. The minimum Gasteiger partial charge on any atom is -0.466 e. The van der Waals surface area contributed by atoms with Crippen LogP contribution in [-0.4, -0.2) is 17.6 Å². The number of halogens is 3. The lowest BCUT2D eigenvalue weighted by molar-refractivity contribution is -0.142.